The first kappa shape index (κ1) is 22.9. The minimum Gasteiger partial charge on any atom is -0.342 e. The molecule has 0 N–H and O–H groups in total. The third-order valence-corrected chi connectivity index (χ3v) is 5.17. The summed E-state index contributed by atoms with van der Waals surface area (Å²) in [6.07, 6.45) is 12.8. The van der Waals surface area contributed by atoms with Crippen molar-refractivity contribution in [1.82, 2.24) is 0 Å². The lowest BCUT2D eigenvalue weighted by Gasteiger charge is -2.26. The maximum absolute atomic E-state index is 2.32. The first-order chi connectivity index (χ1) is 15.7. The molecule has 0 aliphatic heterocycles. The highest BCUT2D eigenvalue weighted by Crippen LogP contribution is 2.29. The lowest BCUT2D eigenvalue weighted by molar-refractivity contribution is 1.01. The number of hydrogen-bond acceptors (Lipinski definition) is 2. The lowest BCUT2D eigenvalue weighted by Crippen LogP contribution is -2.21. The number of anilines is 3. The van der Waals surface area contributed by atoms with Crippen LogP contribution in [0, 0.1) is 0 Å². The van der Waals surface area contributed by atoms with E-state index in [9.17, 15) is 0 Å². The molecule has 0 aliphatic rings. The number of rotatable bonds is 9. The molecule has 0 saturated heterocycles. The van der Waals surface area contributed by atoms with Crippen molar-refractivity contribution in [3.63, 3.8) is 0 Å². The zero-order valence-corrected chi connectivity index (χ0v) is 19.2. The van der Waals surface area contributed by atoms with Gasteiger partial charge in [0.1, 0.15) is 0 Å². The monoisotopic (exact) mass is 420 g/mol. The van der Waals surface area contributed by atoms with Crippen molar-refractivity contribution in [2.45, 2.75) is 20.8 Å². The van der Waals surface area contributed by atoms with Crippen LogP contribution in [0.15, 0.2) is 139 Å². The molecule has 0 fully saturated rings. The second-order valence-electron chi connectivity index (χ2n) is 7.52. The van der Waals surface area contributed by atoms with Gasteiger partial charge in [0.05, 0.1) is 0 Å². The SMILES string of the molecule is C/C=C\C=C/CN(/C(C)=C/C=C(\C)N(c1ccccc1)c1ccccc1)c1ccccc1. The van der Waals surface area contributed by atoms with Gasteiger partial charge in [-0.2, -0.15) is 0 Å². The quantitative estimate of drug-likeness (QED) is 0.321. The van der Waals surface area contributed by atoms with Gasteiger partial charge in [-0.1, -0.05) is 78.9 Å². The van der Waals surface area contributed by atoms with Crippen LogP contribution in [0.4, 0.5) is 17.1 Å². The van der Waals surface area contributed by atoms with Crippen LogP contribution < -0.4 is 9.80 Å². The van der Waals surface area contributed by atoms with E-state index in [4.69, 9.17) is 0 Å². The lowest BCUT2D eigenvalue weighted by atomic mass is 10.2. The molecule has 3 aromatic rings. The van der Waals surface area contributed by atoms with Crippen LogP contribution in [0.5, 0.6) is 0 Å². The Kier molecular flexibility index (Phi) is 8.70. The predicted molar refractivity (Wildman–Crippen MR) is 140 cm³/mol. The average molecular weight is 421 g/mol. The van der Waals surface area contributed by atoms with Crippen molar-refractivity contribution in [2.24, 2.45) is 0 Å². The van der Waals surface area contributed by atoms with E-state index in [1.807, 2.05) is 13.0 Å². The molecule has 0 atom stereocenters. The summed E-state index contributed by atoms with van der Waals surface area (Å²) in [7, 11) is 0. The molecule has 0 spiro atoms. The fourth-order valence-corrected chi connectivity index (χ4v) is 3.53. The van der Waals surface area contributed by atoms with Crippen molar-refractivity contribution < 1.29 is 0 Å². The third-order valence-electron chi connectivity index (χ3n) is 5.17. The van der Waals surface area contributed by atoms with Crippen molar-refractivity contribution in [3.05, 3.63) is 139 Å². The van der Waals surface area contributed by atoms with Gasteiger partial charge in [0.25, 0.3) is 0 Å². The summed E-state index contributed by atoms with van der Waals surface area (Å²) in [4.78, 5) is 4.60. The van der Waals surface area contributed by atoms with Gasteiger partial charge in [-0.25, -0.2) is 0 Å². The Morgan fingerprint density at radius 3 is 1.59 bits per heavy atom. The fraction of sp³-hybridized carbons (Fsp3) is 0.133. The van der Waals surface area contributed by atoms with E-state index in [2.05, 4.69) is 145 Å². The van der Waals surface area contributed by atoms with Crippen LogP contribution in [0.25, 0.3) is 0 Å². The topological polar surface area (TPSA) is 6.48 Å². The molecule has 0 aliphatic carbocycles. The largest absolute Gasteiger partial charge is 0.342 e. The summed E-state index contributed by atoms with van der Waals surface area (Å²) in [5.74, 6) is 0. The fourth-order valence-electron chi connectivity index (χ4n) is 3.53. The van der Waals surface area contributed by atoms with Crippen LogP contribution >= 0.6 is 0 Å². The number of benzene rings is 3. The molecular formula is C30H32N2. The molecule has 3 aromatic carbocycles. The van der Waals surface area contributed by atoms with E-state index in [1.54, 1.807) is 0 Å². The molecule has 32 heavy (non-hydrogen) atoms. The molecule has 0 saturated carbocycles. The standard InChI is InChI=1S/C30H32N2/c1-4-5-6-16-25-31(28-17-10-7-11-18-28)26(2)23-24-27(3)32(29-19-12-8-13-20-29)30-21-14-9-15-22-30/h4-24H,25H2,1-3H3/b5-4-,16-6-,26-23+,27-24+. The van der Waals surface area contributed by atoms with Crippen molar-refractivity contribution in [2.75, 3.05) is 16.3 Å². The summed E-state index contributed by atoms with van der Waals surface area (Å²) in [6, 6.07) is 31.5. The van der Waals surface area contributed by atoms with E-state index < -0.39 is 0 Å². The Hall–Kier alpha value is -3.78. The Bertz CT molecular complexity index is 1020. The normalized spacial score (nSPS) is 12.5. The van der Waals surface area contributed by atoms with Crippen molar-refractivity contribution >= 4 is 17.1 Å². The Morgan fingerprint density at radius 2 is 1.09 bits per heavy atom. The average Bonchev–Trinajstić information content (AvgIpc) is 2.85. The predicted octanol–water partition coefficient (Wildman–Crippen LogP) is 8.27. The minimum absolute atomic E-state index is 0.810. The van der Waals surface area contributed by atoms with Gasteiger partial charge in [-0.05, 0) is 69.3 Å². The summed E-state index contributed by atoms with van der Waals surface area (Å²) < 4.78 is 0. The van der Waals surface area contributed by atoms with Gasteiger partial charge < -0.3 is 9.80 Å². The highest BCUT2D eigenvalue weighted by atomic mass is 15.1. The van der Waals surface area contributed by atoms with Gasteiger partial charge >= 0.3 is 0 Å². The van der Waals surface area contributed by atoms with Crippen molar-refractivity contribution in [3.8, 4) is 0 Å². The molecule has 0 heterocycles. The molecule has 0 bridgehead atoms. The van der Waals surface area contributed by atoms with Crippen LogP contribution in [0.3, 0.4) is 0 Å². The zero-order chi connectivity index (χ0) is 22.6. The summed E-state index contributed by atoms with van der Waals surface area (Å²) in [6.45, 7) is 7.16. The van der Waals surface area contributed by atoms with E-state index >= 15 is 0 Å². The van der Waals surface area contributed by atoms with Crippen molar-refractivity contribution in [1.29, 1.82) is 0 Å². The highest BCUT2D eigenvalue weighted by Gasteiger charge is 2.11. The maximum atomic E-state index is 2.32. The molecule has 0 amide bonds. The Morgan fingerprint density at radius 1 is 0.625 bits per heavy atom. The molecule has 0 aromatic heterocycles. The van der Waals surface area contributed by atoms with Crippen LogP contribution in [0.2, 0.25) is 0 Å². The second-order valence-corrected chi connectivity index (χ2v) is 7.52. The van der Waals surface area contributed by atoms with E-state index in [1.165, 1.54) is 11.4 Å². The van der Waals surface area contributed by atoms with Gasteiger partial charge in [0, 0.05) is 35.0 Å². The van der Waals surface area contributed by atoms with Gasteiger partial charge in [0.2, 0.25) is 0 Å². The number of para-hydroxylation sites is 3. The molecular weight excluding hydrogens is 388 g/mol. The zero-order valence-electron chi connectivity index (χ0n) is 19.2. The molecule has 0 radical (unpaired) electrons. The van der Waals surface area contributed by atoms with Gasteiger partial charge in [0.15, 0.2) is 0 Å². The van der Waals surface area contributed by atoms with Crippen LogP contribution in [0.1, 0.15) is 20.8 Å². The smallest absolute Gasteiger partial charge is 0.0458 e. The summed E-state index contributed by atoms with van der Waals surface area (Å²) in [5.41, 5.74) is 5.81. The molecule has 0 unspecified atom stereocenters. The Balaban J connectivity index is 1.93. The highest BCUT2D eigenvalue weighted by molar-refractivity contribution is 5.68. The van der Waals surface area contributed by atoms with Gasteiger partial charge in [-0.15, -0.1) is 0 Å². The van der Waals surface area contributed by atoms with Crippen LogP contribution in [-0.4, -0.2) is 6.54 Å². The third kappa shape index (κ3) is 6.36. The van der Waals surface area contributed by atoms with E-state index in [0.29, 0.717) is 0 Å². The number of nitrogens with zero attached hydrogens (tertiary/aromatic N) is 2. The maximum Gasteiger partial charge on any atom is 0.0458 e. The van der Waals surface area contributed by atoms with E-state index in [0.717, 1.165) is 23.6 Å². The molecule has 3 rings (SSSR count). The molecule has 2 nitrogen and oxygen atoms in total. The second kappa shape index (κ2) is 12.2. The minimum atomic E-state index is 0.810. The molecule has 162 valence electrons. The molecule has 2 heteroatoms. The summed E-state index contributed by atoms with van der Waals surface area (Å²) in [5, 5.41) is 0. The van der Waals surface area contributed by atoms with Crippen LogP contribution in [-0.2, 0) is 0 Å². The van der Waals surface area contributed by atoms with E-state index in [-0.39, 0.29) is 0 Å². The first-order valence-corrected chi connectivity index (χ1v) is 11.1. The number of allylic oxidation sites excluding steroid dienone is 7. The Labute approximate surface area is 193 Å². The summed E-state index contributed by atoms with van der Waals surface area (Å²) >= 11 is 0. The number of hydrogen-bond donors (Lipinski definition) is 0. The first-order valence-electron chi connectivity index (χ1n) is 11.1. The van der Waals surface area contributed by atoms with Gasteiger partial charge in [-0.3, -0.25) is 0 Å².